The zero-order valence-corrected chi connectivity index (χ0v) is 13.1. The fraction of sp³-hybridized carbons (Fsp3) is 0.0588. The number of carbonyl (C=O) groups excluding carboxylic acids is 1. The highest BCUT2D eigenvalue weighted by molar-refractivity contribution is 5.97. The van der Waals surface area contributed by atoms with Crippen LogP contribution in [0.1, 0.15) is 16.1 Å². The molecular formula is C17H13N3O5. The third-order valence-corrected chi connectivity index (χ3v) is 3.41. The van der Waals surface area contributed by atoms with Gasteiger partial charge in [-0.25, -0.2) is 5.43 Å². The number of ether oxygens (including phenoxy) is 1. The van der Waals surface area contributed by atoms with E-state index in [1.165, 1.54) is 30.5 Å². The molecule has 8 heteroatoms. The maximum Gasteiger partial charge on any atom is 0.307 e. The summed E-state index contributed by atoms with van der Waals surface area (Å²) in [6, 6.07) is 12.7. The van der Waals surface area contributed by atoms with Crippen LogP contribution in [0.4, 0.5) is 5.69 Å². The highest BCUT2D eigenvalue weighted by atomic mass is 16.6. The molecule has 0 fully saturated rings. The molecule has 8 nitrogen and oxygen atoms in total. The number of hydrazone groups is 1. The lowest BCUT2D eigenvalue weighted by Gasteiger charge is -1.99. The summed E-state index contributed by atoms with van der Waals surface area (Å²) in [6.45, 7) is 0. The van der Waals surface area contributed by atoms with Gasteiger partial charge in [0.1, 0.15) is 11.3 Å². The predicted octanol–water partition coefficient (Wildman–Crippen LogP) is 3.11. The highest BCUT2D eigenvalue weighted by Crippen LogP contribution is 2.24. The molecule has 1 aromatic heterocycles. The summed E-state index contributed by atoms with van der Waals surface area (Å²) in [5.41, 5.74) is 3.40. The first-order valence-electron chi connectivity index (χ1n) is 7.22. The number of methoxy groups -OCH3 is 1. The number of hydrogen-bond acceptors (Lipinski definition) is 6. The van der Waals surface area contributed by atoms with Crippen molar-refractivity contribution in [1.82, 2.24) is 5.43 Å². The molecule has 0 aliphatic rings. The van der Waals surface area contributed by atoms with E-state index in [1.54, 1.807) is 31.4 Å². The molecule has 0 spiro atoms. The fourth-order valence-corrected chi connectivity index (χ4v) is 2.20. The molecule has 0 saturated heterocycles. The Kier molecular flexibility index (Phi) is 4.42. The molecule has 126 valence electrons. The minimum Gasteiger partial charge on any atom is -0.497 e. The molecule has 0 aliphatic carbocycles. The highest BCUT2D eigenvalue weighted by Gasteiger charge is 2.14. The third kappa shape index (κ3) is 3.63. The Labute approximate surface area is 141 Å². The van der Waals surface area contributed by atoms with E-state index in [-0.39, 0.29) is 11.4 Å². The van der Waals surface area contributed by atoms with Crippen molar-refractivity contribution in [2.45, 2.75) is 0 Å². The van der Waals surface area contributed by atoms with Gasteiger partial charge in [-0.05, 0) is 29.8 Å². The van der Waals surface area contributed by atoms with Gasteiger partial charge >= 0.3 is 5.91 Å². The van der Waals surface area contributed by atoms with Crippen LogP contribution >= 0.6 is 0 Å². The Morgan fingerprint density at radius 2 is 2.12 bits per heavy atom. The third-order valence-electron chi connectivity index (χ3n) is 3.41. The van der Waals surface area contributed by atoms with Gasteiger partial charge in [-0.15, -0.1) is 0 Å². The monoisotopic (exact) mass is 339 g/mol. The summed E-state index contributed by atoms with van der Waals surface area (Å²) >= 11 is 0. The molecule has 3 aromatic rings. The SMILES string of the molecule is COc1cccc(/C=N/NC(=O)c2cc3cc([N+](=O)[O-])ccc3o2)c1. The number of amides is 1. The van der Waals surface area contributed by atoms with Crippen molar-refractivity contribution in [2.24, 2.45) is 5.10 Å². The molecule has 0 unspecified atom stereocenters. The number of nitro benzene ring substituents is 1. The lowest BCUT2D eigenvalue weighted by atomic mass is 10.2. The molecule has 1 amide bonds. The van der Waals surface area contributed by atoms with E-state index >= 15 is 0 Å². The Morgan fingerprint density at radius 1 is 1.28 bits per heavy atom. The Bertz CT molecular complexity index is 977. The maximum absolute atomic E-state index is 12.1. The average Bonchev–Trinajstić information content (AvgIpc) is 3.05. The van der Waals surface area contributed by atoms with Gasteiger partial charge < -0.3 is 9.15 Å². The van der Waals surface area contributed by atoms with E-state index in [1.807, 2.05) is 0 Å². The van der Waals surface area contributed by atoms with Gasteiger partial charge in [0.25, 0.3) is 5.69 Å². The zero-order chi connectivity index (χ0) is 17.8. The smallest absolute Gasteiger partial charge is 0.307 e. The van der Waals surface area contributed by atoms with E-state index in [0.717, 1.165) is 5.56 Å². The molecule has 1 N–H and O–H groups in total. The normalized spacial score (nSPS) is 10.9. The second-order valence-electron chi connectivity index (χ2n) is 5.07. The first kappa shape index (κ1) is 16.2. The molecule has 1 heterocycles. The van der Waals surface area contributed by atoms with Crippen LogP contribution in [0.25, 0.3) is 11.0 Å². The Morgan fingerprint density at radius 3 is 2.88 bits per heavy atom. The second-order valence-corrected chi connectivity index (χ2v) is 5.07. The minimum atomic E-state index is -0.557. The van der Waals surface area contributed by atoms with Crippen LogP contribution in [0.2, 0.25) is 0 Å². The number of nitrogens with zero attached hydrogens (tertiary/aromatic N) is 2. The quantitative estimate of drug-likeness (QED) is 0.436. The van der Waals surface area contributed by atoms with Gasteiger partial charge in [0.15, 0.2) is 5.76 Å². The van der Waals surface area contributed by atoms with E-state index in [9.17, 15) is 14.9 Å². The lowest BCUT2D eigenvalue weighted by Crippen LogP contribution is -2.16. The number of furan rings is 1. The molecule has 0 bridgehead atoms. The van der Waals surface area contributed by atoms with Crippen molar-refractivity contribution >= 4 is 28.8 Å². The summed E-state index contributed by atoms with van der Waals surface area (Å²) in [5, 5.41) is 15.1. The van der Waals surface area contributed by atoms with Crippen LogP contribution in [0.15, 0.2) is 58.0 Å². The fourth-order valence-electron chi connectivity index (χ4n) is 2.20. The van der Waals surface area contributed by atoms with Gasteiger partial charge in [-0.2, -0.15) is 5.10 Å². The number of non-ortho nitro benzene ring substituents is 1. The molecule has 3 rings (SSSR count). The standard InChI is InChI=1S/C17H13N3O5/c1-24-14-4-2-3-11(7-14)10-18-19-17(21)16-9-12-8-13(20(22)23)5-6-15(12)25-16/h2-10H,1H3,(H,19,21)/b18-10+. The van der Waals surface area contributed by atoms with Crippen LogP contribution in [-0.2, 0) is 0 Å². The number of nitro groups is 1. The Balaban J connectivity index is 1.73. The van der Waals surface area contributed by atoms with Crippen LogP contribution in [-0.4, -0.2) is 24.2 Å². The van der Waals surface area contributed by atoms with Gasteiger partial charge in [-0.3, -0.25) is 14.9 Å². The number of fused-ring (bicyclic) bond motifs is 1. The summed E-state index contributed by atoms with van der Waals surface area (Å²) in [5.74, 6) is 0.130. The summed E-state index contributed by atoms with van der Waals surface area (Å²) in [7, 11) is 1.56. The molecule has 0 radical (unpaired) electrons. The zero-order valence-electron chi connectivity index (χ0n) is 13.1. The van der Waals surface area contributed by atoms with E-state index in [4.69, 9.17) is 9.15 Å². The van der Waals surface area contributed by atoms with E-state index < -0.39 is 10.8 Å². The van der Waals surface area contributed by atoms with Crippen molar-refractivity contribution < 1.29 is 18.9 Å². The lowest BCUT2D eigenvalue weighted by molar-refractivity contribution is -0.384. The van der Waals surface area contributed by atoms with Crippen molar-refractivity contribution in [3.05, 3.63) is 70.0 Å². The van der Waals surface area contributed by atoms with Crippen molar-refractivity contribution in [2.75, 3.05) is 7.11 Å². The number of rotatable bonds is 5. The molecule has 0 saturated carbocycles. The number of hydrogen-bond donors (Lipinski definition) is 1. The average molecular weight is 339 g/mol. The van der Waals surface area contributed by atoms with Gasteiger partial charge in [0, 0.05) is 17.5 Å². The molecule has 2 aromatic carbocycles. The summed E-state index contributed by atoms with van der Waals surface area (Å²) in [4.78, 5) is 22.3. The number of benzene rings is 2. The van der Waals surface area contributed by atoms with Crippen molar-refractivity contribution in [3.8, 4) is 5.75 Å². The first-order valence-corrected chi connectivity index (χ1v) is 7.22. The van der Waals surface area contributed by atoms with Gasteiger partial charge in [0.05, 0.1) is 18.2 Å². The predicted molar refractivity (Wildman–Crippen MR) is 90.9 cm³/mol. The molecule has 0 atom stereocenters. The minimum absolute atomic E-state index is 0.0123. The van der Waals surface area contributed by atoms with Crippen LogP contribution < -0.4 is 10.2 Å². The largest absolute Gasteiger partial charge is 0.497 e. The number of carbonyl (C=O) groups is 1. The molecule has 25 heavy (non-hydrogen) atoms. The van der Waals surface area contributed by atoms with E-state index in [2.05, 4.69) is 10.5 Å². The number of nitrogens with one attached hydrogen (secondary N) is 1. The van der Waals surface area contributed by atoms with Crippen LogP contribution in [0.3, 0.4) is 0 Å². The molecular weight excluding hydrogens is 326 g/mol. The van der Waals surface area contributed by atoms with Crippen LogP contribution in [0, 0.1) is 10.1 Å². The first-order chi connectivity index (χ1) is 12.1. The van der Waals surface area contributed by atoms with E-state index in [0.29, 0.717) is 16.7 Å². The second kappa shape index (κ2) is 6.83. The Hall–Kier alpha value is -3.68. The summed E-state index contributed by atoms with van der Waals surface area (Å²) in [6.07, 6.45) is 1.47. The van der Waals surface area contributed by atoms with Crippen molar-refractivity contribution in [1.29, 1.82) is 0 Å². The van der Waals surface area contributed by atoms with Crippen LogP contribution in [0.5, 0.6) is 5.75 Å². The van der Waals surface area contributed by atoms with Crippen molar-refractivity contribution in [3.63, 3.8) is 0 Å². The topological polar surface area (TPSA) is 107 Å². The van der Waals surface area contributed by atoms with Gasteiger partial charge in [0.2, 0.25) is 0 Å². The molecule has 0 aliphatic heterocycles. The summed E-state index contributed by atoms with van der Waals surface area (Å²) < 4.78 is 10.5. The maximum atomic E-state index is 12.1. The van der Waals surface area contributed by atoms with Gasteiger partial charge in [-0.1, -0.05) is 12.1 Å².